The normalized spacial score (nSPS) is 27.8. The molecule has 3 aromatic carbocycles. The van der Waals surface area contributed by atoms with Gasteiger partial charge in [-0.3, -0.25) is 29.4 Å². The predicted molar refractivity (Wildman–Crippen MR) is 171 cm³/mol. The zero-order chi connectivity index (χ0) is 31.1. The average Bonchev–Trinajstić information content (AvgIpc) is 3.75. The molecule has 2 amide bonds. The number of non-ortho nitro benzene ring substituents is 1. The summed E-state index contributed by atoms with van der Waals surface area (Å²) in [7, 11) is 0. The summed E-state index contributed by atoms with van der Waals surface area (Å²) >= 11 is 2.70. The summed E-state index contributed by atoms with van der Waals surface area (Å²) in [5, 5.41) is 12.7. The Kier molecular flexibility index (Phi) is 6.54. The number of thiazole rings is 1. The third kappa shape index (κ3) is 4.39. The number of H-pyrrole nitrogens is 1. The molecule has 2 aliphatic carbocycles. The molecule has 0 spiro atoms. The fourth-order valence-corrected chi connectivity index (χ4v) is 11.2. The number of rotatable bonds is 6. The zero-order valence-electron chi connectivity index (χ0n) is 24.5. The van der Waals surface area contributed by atoms with Gasteiger partial charge in [-0.2, -0.15) is 0 Å². The lowest BCUT2D eigenvalue weighted by atomic mass is 9.68. The number of carbonyl (C=O) groups excluding carboxylic acids is 2. The van der Waals surface area contributed by atoms with E-state index < -0.39 is 22.7 Å². The number of aromatic amines is 1. The maximum absolute atomic E-state index is 14.1. The number of fused-ring (bicyclic) bond motifs is 9. The quantitative estimate of drug-likeness (QED) is 0.151. The Morgan fingerprint density at radius 2 is 1.71 bits per heavy atom. The molecule has 2 aliphatic heterocycles. The summed E-state index contributed by atoms with van der Waals surface area (Å²) in [6.45, 7) is 4.24. The lowest BCUT2D eigenvalue weighted by molar-refractivity contribution is -0.385. The number of hydrogen-bond acceptors (Lipinski definition) is 8. The number of nitro groups is 1. The molecule has 8 rings (SSSR count). The first kappa shape index (κ1) is 28.3. The third-order valence-electron chi connectivity index (χ3n) is 10.0. The van der Waals surface area contributed by atoms with Crippen molar-refractivity contribution in [1.82, 2.24) is 4.98 Å². The summed E-state index contributed by atoms with van der Waals surface area (Å²) in [4.78, 5) is 57.3. The highest BCUT2D eigenvalue weighted by Crippen LogP contribution is 2.69. The van der Waals surface area contributed by atoms with Gasteiger partial charge in [-0.15, -0.1) is 11.8 Å². The number of nitrogens with one attached hydrogen (secondary N) is 1. The molecule has 1 aromatic heterocycles. The van der Waals surface area contributed by atoms with Crippen LogP contribution in [0.4, 0.5) is 11.4 Å². The molecule has 0 radical (unpaired) electrons. The Labute approximate surface area is 266 Å². The van der Waals surface area contributed by atoms with Crippen LogP contribution >= 0.6 is 23.1 Å². The van der Waals surface area contributed by atoms with Crippen LogP contribution in [0.15, 0.2) is 76.6 Å². The molecular weight excluding hydrogens is 611 g/mol. The predicted octanol–water partition coefficient (Wildman–Crippen LogP) is 6.22. The van der Waals surface area contributed by atoms with Gasteiger partial charge in [-0.25, -0.2) is 0 Å². The zero-order valence-corrected chi connectivity index (χ0v) is 26.1. The molecule has 9 nitrogen and oxygen atoms in total. The summed E-state index contributed by atoms with van der Waals surface area (Å²) in [5.41, 5.74) is 4.27. The van der Waals surface area contributed by atoms with Gasteiger partial charge in [-0.1, -0.05) is 58.9 Å². The van der Waals surface area contributed by atoms with Crippen LogP contribution in [0.2, 0.25) is 0 Å². The molecule has 5 unspecified atom stereocenters. The number of nitro benzene ring substituents is 1. The number of aryl methyl sites for hydroxylation is 2. The molecule has 228 valence electrons. The third-order valence-corrected chi connectivity index (χ3v) is 12.6. The molecule has 3 heterocycles. The van der Waals surface area contributed by atoms with E-state index in [0.29, 0.717) is 17.0 Å². The van der Waals surface area contributed by atoms with E-state index in [1.807, 2.05) is 62.4 Å². The standard InChI is InChI=1S/C34H29N3O6S2/c1-16-6-8-19(9-7-16)36-32(38)27-22-14-23(28(27)33(36)39)29-26(22)25(30-31(44-29)35-34(40)45-30)21-13-20(37(41)42)10-11-24(21)43-15-18-5-3-4-17(2)12-18/h3-13,22-23,25-29H,14-15H2,1-2H3,(H,35,40)/t22-,23-,25?,26?,27?,28?,29?/m1/s1. The molecule has 1 N–H and O–H groups in total. The number of nitrogens with zero attached hydrogens (tertiary/aromatic N) is 2. The Morgan fingerprint density at radius 1 is 0.956 bits per heavy atom. The van der Waals surface area contributed by atoms with Gasteiger partial charge in [-0.05, 0) is 61.8 Å². The summed E-state index contributed by atoms with van der Waals surface area (Å²) in [6.07, 6.45) is 0.723. The molecule has 3 fully saturated rings. The Balaban J connectivity index is 1.22. The highest BCUT2D eigenvalue weighted by Gasteiger charge is 2.70. The van der Waals surface area contributed by atoms with Crippen molar-refractivity contribution in [1.29, 1.82) is 0 Å². The van der Waals surface area contributed by atoms with Crippen LogP contribution in [0.1, 0.15) is 39.5 Å². The van der Waals surface area contributed by atoms with Crippen LogP contribution in [0.3, 0.4) is 0 Å². The van der Waals surface area contributed by atoms with Crippen LogP contribution in [0.5, 0.6) is 5.75 Å². The molecular formula is C34H29N3O6S2. The Bertz CT molecular complexity index is 1950. The maximum Gasteiger partial charge on any atom is 0.305 e. The van der Waals surface area contributed by atoms with E-state index in [4.69, 9.17) is 4.74 Å². The summed E-state index contributed by atoms with van der Waals surface area (Å²) < 4.78 is 6.38. The van der Waals surface area contributed by atoms with Gasteiger partial charge in [0.05, 0.1) is 27.5 Å². The Morgan fingerprint density at radius 3 is 2.44 bits per heavy atom. The smallest absolute Gasteiger partial charge is 0.305 e. The van der Waals surface area contributed by atoms with Crippen molar-refractivity contribution in [2.75, 3.05) is 4.90 Å². The second kappa shape index (κ2) is 10.4. The first-order chi connectivity index (χ1) is 21.7. The number of hydrogen-bond donors (Lipinski definition) is 1. The maximum atomic E-state index is 14.1. The minimum Gasteiger partial charge on any atom is -0.489 e. The van der Waals surface area contributed by atoms with Crippen LogP contribution < -0.4 is 14.5 Å². The highest BCUT2D eigenvalue weighted by atomic mass is 32.2. The van der Waals surface area contributed by atoms with Crippen molar-refractivity contribution in [2.45, 2.75) is 43.1 Å². The van der Waals surface area contributed by atoms with E-state index in [0.717, 1.165) is 44.4 Å². The minimum absolute atomic E-state index is 0.0439. The lowest BCUT2D eigenvalue weighted by Crippen LogP contribution is -2.42. The molecule has 45 heavy (non-hydrogen) atoms. The van der Waals surface area contributed by atoms with Crippen molar-refractivity contribution in [2.24, 2.45) is 29.6 Å². The average molecular weight is 640 g/mol. The number of aromatic nitrogens is 1. The van der Waals surface area contributed by atoms with Gasteiger partial charge in [0.15, 0.2) is 0 Å². The van der Waals surface area contributed by atoms with Gasteiger partial charge in [0, 0.05) is 33.7 Å². The van der Waals surface area contributed by atoms with Gasteiger partial charge in [0.1, 0.15) is 12.4 Å². The van der Waals surface area contributed by atoms with Crippen LogP contribution in [0, 0.1) is 53.6 Å². The van der Waals surface area contributed by atoms with Crippen molar-refractivity contribution in [3.8, 4) is 5.75 Å². The summed E-state index contributed by atoms with van der Waals surface area (Å²) in [6, 6.07) is 20.1. The lowest BCUT2D eigenvalue weighted by Gasteiger charge is -2.43. The van der Waals surface area contributed by atoms with Crippen molar-refractivity contribution >= 4 is 46.3 Å². The van der Waals surface area contributed by atoms with Crippen molar-refractivity contribution < 1.29 is 19.2 Å². The van der Waals surface area contributed by atoms with Gasteiger partial charge < -0.3 is 9.72 Å². The number of benzene rings is 3. The van der Waals surface area contributed by atoms with E-state index in [2.05, 4.69) is 4.98 Å². The highest BCUT2D eigenvalue weighted by molar-refractivity contribution is 8.00. The second-order valence-electron chi connectivity index (χ2n) is 12.6. The molecule has 2 saturated carbocycles. The Hall–Kier alpha value is -4.22. The minimum atomic E-state index is -0.472. The molecule has 1 saturated heterocycles. The van der Waals surface area contributed by atoms with Crippen molar-refractivity contribution in [3.05, 3.63) is 114 Å². The molecule has 11 heteroatoms. The number of carbonyl (C=O) groups is 2. The van der Waals surface area contributed by atoms with Crippen molar-refractivity contribution in [3.63, 3.8) is 0 Å². The summed E-state index contributed by atoms with van der Waals surface area (Å²) in [5.74, 6) is -1.41. The fourth-order valence-electron chi connectivity index (χ4n) is 8.30. The van der Waals surface area contributed by atoms with E-state index in [1.54, 1.807) is 23.9 Å². The number of amides is 2. The van der Waals surface area contributed by atoms with E-state index in [1.165, 1.54) is 11.0 Å². The number of anilines is 1. The second-order valence-corrected chi connectivity index (χ2v) is 14.8. The molecule has 7 atom stereocenters. The van der Waals surface area contributed by atoms with E-state index >= 15 is 0 Å². The number of thioether (sulfide) groups is 1. The van der Waals surface area contributed by atoms with Crippen LogP contribution in [-0.2, 0) is 16.2 Å². The van der Waals surface area contributed by atoms with Gasteiger partial charge >= 0.3 is 4.87 Å². The van der Waals surface area contributed by atoms with Crippen LogP contribution in [-0.4, -0.2) is 27.0 Å². The first-order valence-electron chi connectivity index (χ1n) is 15.0. The molecule has 4 aliphatic rings. The van der Waals surface area contributed by atoms with E-state index in [-0.39, 0.29) is 52.0 Å². The topological polar surface area (TPSA) is 123 Å². The van der Waals surface area contributed by atoms with Gasteiger partial charge in [0.2, 0.25) is 11.8 Å². The van der Waals surface area contributed by atoms with Crippen LogP contribution in [0.25, 0.3) is 0 Å². The number of imide groups is 1. The largest absolute Gasteiger partial charge is 0.489 e. The molecule has 2 bridgehead atoms. The monoisotopic (exact) mass is 639 g/mol. The SMILES string of the molecule is Cc1ccc(N2C(=O)C3C(C2=O)[C@@H]2C[C@H]3C3Sc4[nH]c(=O)sc4C(c4cc([N+](=O)[O-])ccc4OCc4cccc(C)c4)C32)cc1. The van der Waals surface area contributed by atoms with Gasteiger partial charge in [0.25, 0.3) is 5.69 Å². The fraction of sp³-hybridized carbons (Fsp3) is 0.324. The number of ether oxygens (including phenoxy) is 1. The van der Waals surface area contributed by atoms with E-state index in [9.17, 15) is 24.5 Å². The molecule has 4 aromatic rings. The first-order valence-corrected chi connectivity index (χ1v) is 16.7.